The van der Waals surface area contributed by atoms with E-state index < -0.39 is 11.6 Å². The average Bonchev–Trinajstić information content (AvgIpc) is 3.27. The molecule has 4 nitrogen and oxygen atoms in total. The van der Waals surface area contributed by atoms with Crippen LogP contribution in [0, 0.1) is 11.6 Å². The van der Waals surface area contributed by atoms with Crippen LogP contribution in [0.25, 0.3) is 11.1 Å². The molecule has 0 aliphatic carbocycles. The molecular formula is C22H18F2N2O2. The fraction of sp³-hybridized carbons (Fsp3) is 0.136. The molecule has 4 rings (SSSR count). The fourth-order valence-corrected chi connectivity index (χ4v) is 3.25. The Labute approximate surface area is 160 Å². The fourth-order valence-electron chi connectivity index (χ4n) is 3.25. The Morgan fingerprint density at radius 3 is 2.64 bits per heavy atom. The van der Waals surface area contributed by atoms with E-state index in [0.29, 0.717) is 16.8 Å². The minimum Gasteiger partial charge on any atom is -0.463 e. The molecule has 0 aliphatic rings. The SMILES string of the molecule is CC(NC(=O)c1cc2occc2n1Cc1ccc(F)cc1F)c1ccccc1. The van der Waals surface area contributed by atoms with Crippen molar-refractivity contribution in [3.05, 3.63) is 95.4 Å². The first kappa shape index (κ1) is 18.0. The van der Waals surface area contributed by atoms with Gasteiger partial charge in [0.15, 0.2) is 5.58 Å². The van der Waals surface area contributed by atoms with Gasteiger partial charge in [0.1, 0.15) is 17.3 Å². The molecule has 1 unspecified atom stereocenters. The van der Waals surface area contributed by atoms with Crippen molar-refractivity contribution < 1.29 is 18.0 Å². The zero-order valence-electron chi connectivity index (χ0n) is 15.2. The standard InChI is InChI=1S/C22H18F2N2O2/c1-14(15-5-3-2-4-6-15)25-22(27)20-12-21-19(9-10-28-21)26(20)13-16-7-8-17(23)11-18(16)24/h2-12,14H,13H2,1H3,(H,25,27). The number of halogens is 2. The van der Waals surface area contributed by atoms with Crippen molar-refractivity contribution in [3.63, 3.8) is 0 Å². The smallest absolute Gasteiger partial charge is 0.268 e. The number of hydrogen-bond acceptors (Lipinski definition) is 2. The van der Waals surface area contributed by atoms with Crippen molar-refractivity contribution in [1.29, 1.82) is 0 Å². The van der Waals surface area contributed by atoms with E-state index in [1.54, 1.807) is 16.7 Å². The van der Waals surface area contributed by atoms with Crippen LogP contribution < -0.4 is 5.32 Å². The van der Waals surface area contributed by atoms with Gasteiger partial charge in [-0.25, -0.2) is 8.78 Å². The van der Waals surface area contributed by atoms with Gasteiger partial charge in [0.2, 0.25) is 0 Å². The Morgan fingerprint density at radius 2 is 1.89 bits per heavy atom. The second-order valence-corrected chi connectivity index (χ2v) is 6.63. The van der Waals surface area contributed by atoms with Crippen LogP contribution in [-0.4, -0.2) is 10.5 Å². The molecule has 4 aromatic rings. The lowest BCUT2D eigenvalue weighted by atomic mass is 10.1. The van der Waals surface area contributed by atoms with Crippen molar-refractivity contribution in [2.45, 2.75) is 19.5 Å². The molecule has 0 radical (unpaired) electrons. The highest BCUT2D eigenvalue weighted by Gasteiger charge is 2.20. The lowest BCUT2D eigenvalue weighted by molar-refractivity contribution is 0.0931. The van der Waals surface area contributed by atoms with E-state index in [-0.39, 0.29) is 24.1 Å². The number of benzene rings is 2. The maximum atomic E-state index is 14.2. The van der Waals surface area contributed by atoms with Crippen LogP contribution in [0.1, 0.15) is 34.6 Å². The molecule has 1 atom stereocenters. The van der Waals surface area contributed by atoms with E-state index >= 15 is 0 Å². The summed E-state index contributed by atoms with van der Waals surface area (Å²) >= 11 is 0. The average molecular weight is 380 g/mol. The second kappa shape index (κ2) is 7.31. The molecule has 0 bridgehead atoms. The van der Waals surface area contributed by atoms with E-state index in [0.717, 1.165) is 11.6 Å². The lowest BCUT2D eigenvalue weighted by Crippen LogP contribution is -2.28. The largest absolute Gasteiger partial charge is 0.463 e. The van der Waals surface area contributed by atoms with Gasteiger partial charge in [0.25, 0.3) is 5.91 Å². The Morgan fingerprint density at radius 1 is 1.11 bits per heavy atom. The van der Waals surface area contributed by atoms with Gasteiger partial charge in [0.05, 0.1) is 24.4 Å². The monoisotopic (exact) mass is 380 g/mol. The highest BCUT2D eigenvalue weighted by atomic mass is 19.1. The zero-order valence-corrected chi connectivity index (χ0v) is 15.2. The number of carbonyl (C=O) groups is 1. The number of furan rings is 1. The third-order valence-corrected chi connectivity index (χ3v) is 4.75. The number of carbonyl (C=O) groups excluding carboxylic acids is 1. The summed E-state index contributed by atoms with van der Waals surface area (Å²) in [5, 5.41) is 2.96. The van der Waals surface area contributed by atoms with Gasteiger partial charge < -0.3 is 14.3 Å². The molecular weight excluding hydrogens is 362 g/mol. The van der Waals surface area contributed by atoms with Crippen molar-refractivity contribution in [2.24, 2.45) is 0 Å². The summed E-state index contributed by atoms with van der Waals surface area (Å²) in [7, 11) is 0. The van der Waals surface area contributed by atoms with Crippen molar-refractivity contribution in [2.75, 3.05) is 0 Å². The van der Waals surface area contributed by atoms with Gasteiger partial charge in [-0.3, -0.25) is 4.79 Å². The summed E-state index contributed by atoms with van der Waals surface area (Å²) in [6.07, 6.45) is 1.51. The zero-order chi connectivity index (χ0) is 19.7. The number of hydrogen-bond donors (Lipinski definition) is 1. The van der Waals surface area contributed by atoms with Crippen molar-refractivity contribution >= 4 is 17.0 Å². The first-order chi connectivity index (χ1) is 13.5. The molecule has 2 aromatic carbocycles. The molecule has 6 heteroatoms. The molecule has 0 aliphatic heterocycles. The van der Waals surface area contributed by atoms with Crippen LogP contribution in [0.3, 0.4) is 0 Å². The minimum atomic E-state index is -0.658. The Bertz CT molecular complexity index is 1130. The van der Waals surface area contributed by atoms with Crippen molar-refractivity contribution in [3.8, 4) is 0 Å². The van der Waals surface area contributed by atoms with Gasteiger partial charge in [-0.15, -0.1) is 0 Å². The highest BCUT2D eigenvalue weighted by Crippen LogP contribution is 2.24. The van der Waals surface area contributed by atoms with E-state index in [1.165, 1.54) is 18.4 Å². The van der Waals surface area contributed by atoms with Crippen LogP contribution in [0.4, 0.5) is 8.78 Å². The minimum absolute atomic E-state index is 0.0810. The third kappa shape index (κ3) is 3.41. The maximum absolute atomic E-state index is 14.2. The summed E-state index contributed by atoms with van der Waals surface area (Å²) in [4.78, 5) is 12.9. The predicted octanol–water partition coefficient (Wildman–Crippen LogP) is 5.05. The van der Waals surface area contributed by atoms with Crippen LogP contribution >= 0.6 is 0 Å². The maximum Gasteiger partial charge on any atom is 0.268 e. The van der Waals surface area contributed by atoms with Gasteiger partial charge in [-0.1, -0.05) is 36.4 Å². The first-order valence-electron chi connectivity index (χ1n) is 8.89. The number of aromatic nitrogens is 1. The number of nitrogens with one attached hydrogen (secondary N) is 1. The molecule has 0 fully saturated rings. The normalized spacial score (nSPS) is 12.2. The molecule has 1 amide bonds. The second-order valence-electron chi connectivity index (χ2n) is 6.63. The Hall–Kier alpha value is -3.41. The summed E-state index contributed by atoms with van der Waals surface area (Å²) in [6.45, 7) is 1.97. The number of amides is 1. The number of nitrogens with zero attached hydrogens (tertiary/aromatic N) is 1. The van der Waals surface area contributed by atoms with E-state index in [1.807, 2.05) is 37.3 Å². The van der Waals surface area contributed by atoms with E-state index in [9.17, 15) is 13.6 Å². The number of rotatable bonds is 5. The molecule has 1 N–H and O–H groups in total. The van der Waals surface area contributed by atoms with Crippen LogP contribution in [0.5, 0.6) is 0 Å². The van der Waals surface area contributed by atoms with Gasteiger partial charge in [-0.2, -0.15) is 0 Å². The lowest BCUT2D eigenvalue weighted by Gasteiger charge is -2.16. The van der Waals surface area contributed by atoms with Crippen LogP contribution in [0.15, 0.2) is 71.3 Å². The molecule has 142 valence electrons. The first-order valence-corrected chi connectivity index (χ1v) is 8.89. The van der Waals surface area contributed by atoms with Crippen molar-refractivity contribution in [1.82, 2.24) is 9.88 Å². The predicted molar refractivity (Wildman–Crippen MR) is 102 cm³/mol. The quantitative estimate of drug-likeness (QED) is 0.527. The molecule has 0 saturated heterocycles. The van der Waals surface area contributed by atoms with Gasteiger partial charge in [0, 0.05) is 23.8 Å². The highest BCUT2D eigenvalue weighted by molar-refractivity contribution is 5.97. The molecule has 0 spiro atoms. The molecule has 2 aromatic heterocycles. The van der Waals surface area contributed by atoms with Crippen LogP contribution in [0.2, 0.25) is 0 Å². The Balaban J connectivity index is 1.66. The van der Waals surface area contributed by atoms with Gasteiger partial charge >= 0.3 is 0 Å². The number of fused-ring (bicyclic) bond motifs is 1. The summed E-state index contributed by atoms with van der Waals surface area (Å²) in [6, 6.07) is 16.2. The Kier molecular flexibility index (Phi) is 4.69. The molecule has 0 saturated carbocycles. The van der Waals surface area contributed by atoms with E-state index in [2.05, 4.69) is 5.32 Å². The summed E-state index contributed by atoms with van der Waals surface area (Å²) in [5.74, 6) is -1.60. The third-order valence-electron chi connectivity index (χ3n) is 4.75. The van der Waals surface area contributed by atoms with Gasteiger partial charge in [-0.05, 0) is 18.6 Å². The molecule has 28 heavy (non-hydrogen) atoms. The summed E-state index contributed by atoms with van der Waals surface area (Å²) in [5.41, 5.74) is 2.80. The molecule has 2 heterocycles. The summed E-state index contributed by atoms with van der Waals surface area (Å²) < 4.78 is 34.5. The topological polar surface area (TPSA) is 47.2 Å². The van der Waals surface area contributed by atoms with Crippen LogP contribution in [-0.2, 0) is 6.54 Å². The van der Waals surface area contributed by atoms with E-state index in [4.69, 9.17) is 4.42 Å².